The van der Waals surface area contributed by atoms with Gasteiger partial charge in [0.1, 0.15) is 5.69 Å². The largest absolute Gasteiger partial charge is 0.330 e. The van der Waals surface area contributed by atoms with E-state index in [1.54, 1.807) is 24.1 Å². The van der Waals surface area contributed by atoms with Crippen molar-refractivity contribution in [3.63, 3.8) is 0 Å². The van der Waals surface area contributed by atoms with E-state index in [9.17, 15) is 4.79 Å². The Bertz CT molecular complexity index is 581. The molecule has 0 atom stereocenters. The number of anilines is 1. The summed E-state index contributed by atoms with van der Waals surface area (Å²) in [6.45, 7) is 3.94. The molecule has 2 rings (SSSR count). The second-order valence-corrected chi connectivity index (χ2v) is 5.17. The molecule has 1 aromatic heterocycles. The molecule has 0 unspecified atom stereocenters. The van der Waals surface area contributed by atoms with Gasteiger partial charge in [-0.1, -0.05) is 15.9 Å². The van der Waals surface area contributed by atoms with E-state index in [4.69, 9.17) is 0 Å². The van der Waals surface area contributed by atoms with Crippen LogP contribution in [0.1, 0.15) is 21.6 Å². The minimum atomic E-state index is -0.150. The molecule has 1 heterocycles. The Labute approximate surface area is 114 Å². The van der Waals surface area contributed by atoms with Gasteiger partial charge in [-0.2, -0.15) is 0 Å². The van der Waals surface area contributed by atoms with E-state index in [0.717, 1.165) is 21.3 Å². The number of halogens is 1. The molecule has 0 aliphatic rings. The summed E-state index contributed by atoms with van der Waals surface area (Å²) in [5.74, 6) is -0.150. The summed E-state index contributed by atoms with van der Waals surface area (Å²) in [5, 5.41) is 2.93. The number of nitrogens with one attached hydrogen (secondary N) is 1. The molecule has 0 spiro atoms. The highest BCUT2D eigenvalue weighted by Gasteiger charge is 2.13. The van der Waals surface area contributed by atoms with Gasteiger partial charge in [0.25, 0.3) is 5.91 Å². The lowest BCUT2D eigenvalue weighted by Gasteiger charge is -2.12. The summed E-state index contributed by atoms with van der Waals surface area (Å²) in [7, 11) is 1.79. The number of amides is 1. The zero-order chi connectivity index (χ0) is 13.3. The molecule has 94 valence electrons. The van der Waals surface area contributed by atoms with Crippen LogP contribution in [0.15, 0.2) is 29.1 Å². The van der Waals surface area contributed by atoms with E-state index >= 15 is 0 Å². The number of hydrogen-bond acceptors (Lipinski definition) is 2. The second kappa shape index (κ2) is 4.94. The number of carbonyl (C=O) groups excluding carboxylic acids is 1. The van der Waals surface area contributed by atoms with E-state index in [2.05, 4.69) is 26.2 Å². The number of carbonyl (C=O) groups is 1. The van der Waals surface area contributed by atoms with Crippen LogP contribution in [0.3, 0.4) is 0 Å². The first-order chi connectivity index (χ1) is 8.49. The Balaban J connectivity index is 2.31. The number of aryl methyl sites for hydroxylation is 3. The molecular formula is C13H14BrN3O. The maximum atomic E-state index is 12.1. The fraction of sp³-hybridized carbons (Fsp3) is 0.231. The molecule has 1 N–H and O–H groups in total. The lowest BCUT2D eigenvalue weighted by molar-refractivity contribution is 0.101. The summed E-state index contributed by atoms with van der Waals surface area (Å²) >= 11 is 3.44. The monoisotopic (exact) mass is 307 g/mol. The quantitative estimate of drug-likeness (QED) is 0.927. The Kier molecular flexibility index (Phi) is 3.52. The van der Waals surface area contributed by atoms with Gasteiger partial charge in [-0.25, -0.2) is 4.98 Å². The van der Waals surface area contributed by atoms with Crippen LogP contribution in [0, 0.1) is 13.8 Å². The molecule has 0 aliphatic carbocycles. The number of nitrogens with zero attached hydrogens (tertiary/aromatic N) is 2. The van der Waals surface area contributed by atoms with Crippen LogP contribution in [0.25, 0.3) is 0 Å². The molecular weight excluding hydrogens is 294 g/mol. The normalized spacial score (nSPS) is 10.4. The summed E-state index contributed by atoms with van der Waals surface area (Å²) in [5.41, 5.74) is 3.44. The topological polar surface area (TPSA) is 46.9 Å². The zero-order valence-corrected chi connectivity index (χ0v) is 12.1. The summed E-state index contributed by atoms with van der Waals surface area (Å²) in [6, 6.07) is 3.96. The van der Waals surface area contributed by atoms with Gasteiger partial charge in [0.15, 0.2) is 0 Å². The molecule has 0 radical (unpaired) electrons. The van der Waals surface area contributed by atoms with E-state index in [1.807, 2.05) is 26.0 Å². The van der Waals surface area contributed by atoms with Gasteiger partial charge in [0.2, 0.25) is 0 Å². The van der Waals surface area contributed by atoms with Crippen molar-refractivity contribution in [2.75, 3.05) is 5.32 Å². The third-order valence-electron chi connectivity index (χ3n) is 2.79. The molecule has 5 heteroatoms. The first kappa shape index (κ1) is 12.8. The number of imidazole rings is 1. The average Bonchev–Trinajstić information content (AvgIpc) is 2.69. The van der Waals surface area contributed by atoms with Crippen molar-refractivity contribution in [1.29, 1.82) is 0 Å². The van der Waals surface area contributed by atoms with Gasteiger partial charge in [0.05, 0.1) is 12.5 Å². The number of rotatable bonds is 2. The molecule has 0 bridgehead atoms. The summed E-state index contributed by atoms with van der Waals surface area (Å²) in [4.78, 5) is 16.0. The highest BCUT2D eigenvalue weighted by Crippen LogP contribution is 2.25. The standard InChI is InChI=1S/C13H14BrN3O/c1-8-4-10(14)5-9(2)12(8)16-13(18)11-6-15-7-17(11)3/h4-7H,1-3H3,(H,16,18). The lowest BCUT2D eigenvalue weighted by Crippen LogP contribution is -2.16. The van der Waals surface area contributed by atoms with Crippen molar-refractivity contribution >= 4 is 27.5 Å². The van der Waals surface area contributed by atoms with Crippen molar-refractivity contribution in [2.24, 2.45) is 7.05 Å². The molecule has 0 fully saturated rings. The SMILES string of the molecule is Cc1cc(Br)cc(C)c1NC(=O)c1cncn1C. The lowest BCUT2D eigenvalue weighted by atomic mass is 10.1. The third kappa shape index (κ3) is 2.46. The fourth-order valence-electron chi connectivity index (χ4n) is 1.86. The summed E-state index contributed by atoms with van der Waals surface area (Å²) < 4.78 is 2.70. The van der Waals surface area contributed by atoms with Gasteiger partial charge in [-0.05, 0) is 37.1 Å². The van der Waals surface area contributed by atoms with Gasteiger partial charge >= 0.3 is 0 Å². The van der Waals surface area contributed by atoms with Crippen molar-refractivity contribution in [2.45, 2.75) is 13.8 Å². The Hall–Kier alpha value is -1.62. The second-order valence-electron chi connectivity index (χ2n) is 4.26. The number of hydrogen-bond donors (Lipinski definition) is 1. The predicted octanol–water partition coefficient (Wildman–Crippen LogP) is 3.05. The molecule has 2 aromatic rings. The van der Waals surface area contributed by atoms with Crippen LogP contribution in [0.4, 0.5) is 5.69 Å². The van der Waals surface area contributed by atoms with E-state index in [1.165, 1.54) is 0 Å². The van der Waals surface area contributed by atoms with Crippen LogP contribution in [0.5, 0.6) is 0 Å². The summed E-state index contributed by atoms with van der Waals surface area (Å²) in [6.07, 6.45) is 3.16. The molecule has 1 aromatic carbocycles. The van der Waals surface area contributed by atoms with Gasteiger partial charge in [-0.15, -0.1) is 0 Å². The zero-order valence-electron chi connectivity index (χ0n) is 10.5. The first-order valence-corrected chi connectivity index (χ1v) is 6.32. The molecule has 1 amide bonds. The van der Waals surface area contributed by atoms with Gasteiger partial charge in [0, 0.05) is 17.2 Å². The highest BCUT2D eigenvalue weighted by atomic mass is 79.9. The molecule has 4 nitrogen and oxygen atoms in total. The van der Waals surface area contributed by atoms with Crippen LogP contribution in [-0.4, -0.2) is 15.5 Å². The molecule has 0 saturated carbocycles. The minimum absolute atomic E-state index is 0.150. The highest BCUT2D eigenvalue weighted by molar-refractivity contribution is 9.10. The van der Waals surface area contributed by atoms with E-state index < -0.39 is 0 Å². The number of benzene rings is 1. The smallest absolute Gasteiger partial charge is 0.273 e. The Morgan fingerprint density at radius 3 is 2.44 bits per heavy atom. The van der Waals surface area contributed by atoms with Crippen LogP contribution >= 0.6 is 15.9 Å². The maximum Gasteiger partial charge on any atom is 0.273 e. The third-order valence-corrected chi connectivity index (χ3v) is 3.24. The Morgan fingerprint density at radius 2 is 1.94 bits per heavy atom. The van der Waals surface area contributed by atoms with Gasteiger partial charge < -0.3 is 9.88 Å². The van der Waals surface area contributed by atoms with E-state index in [0.29, 0.717) is 5.69 Å². The first-order valence-electron chi connectivity index (χ1n) is 5.53. The van der Waals surface area contributed by atoms with E-state index in [-0.39, 0.29) is 5.91 Å². The van der Waals surface area contributed by atoms with Crippen LogP contribution in [-0.2, 0) is 7.05 Å². The number of aromatic nitrogens is 2. The van der Waals surface area contributed by atoms with Crippen LogP contribution < -0.4 is 5.32 Å². The molecule has 0 aliphatic heterocycles. The van der Waals surface area contributed by atoms with Crippen molar-refractivity contribution in [3.8, 4) is 0 Å². The molecule has 0 saturated heterocycles. The van der Waals surface area contributed by atoms with Crippen molar-refractivity contribution in [1.82, 2.24) is 9.55 Å². The van der Waals surface area contributed by atoms with Crippen LogP contribution in [0.2, 0.25) is 0 Å². The van der Waals surface area contributed by atoms with Crippen molar-refractivity contribution < 1.29 is 4.79 Å². The minimum Gasteiger partial charge on any atom is -0.330 e. The fourth-order valence-corrected chi connectivity index (χ4v) is 2.55. The predicted molar refractivity (Wildman–Crippen MR) is 74.8 cm³/mol. The Morgan fingerprint density at radius 1 is 1.33 bits per heavy atom. The average molecular weight is 308 g/mol. The molecule has 18 heavy (non-hydrogen) atoms. The maximum absolute atomic E-state index is 12.1. The van der Waals surface area contributed by atoms with Gasteiger partial charge in [-0.3, -0.25) is 4.79 Å². The van der Waals surface area contributed by atoms with Crippen molar-refractivity contribution in [3.05, 3.63) is 46.0 Å².